The van der Waals surface area contributed by atoms with Gasteiger partial charge in [0.2, 0.25) is 0 Å². The molecule has 5 heteroatoms. The van der Waals surface area contributed by atoms with E-state index in [-0.39, 0.29) is 6.42 Å². The number of hydrogen-bond donors (Lipinski definition) is 0. The summed E-state index contributed by atoms with van der Waals surface area (Å²) in [4.78, 5) is 10.3. The van der Waals surface area contributed by atoms with Crippen LogP contribution in [0.4, 0.5) is 0 Å². The number of hydrogen-bond acceptors (Lipinski definition) is 4. The summed E-state index contributed by atoms with van der Waals surface area (Å²) in [5.41, 5.74) is 0. The maximum atomic E-state index is 10.4. The molecular weight excluding hydrogens is 156 g/mol. The molecule has 0 aliphatic carbocycles. The van der Waals surface area contributed by atoms with Crippen LogP contribution in [0.1, 0.15) is 13.3 Å². The average Bonchev–Trinajstić information content (AvgIpc) is 1.87. The molecule has 58 valence electrons. The smallest absolute Gasteiger partial charge is 0.334 e. The van der Waals surface area contributed by atoms with Gasteiger partial charge in [-0.1, -0.05) is 13.5 Å². The zero-order chi connectivity index (χ0) is 8.20. The Balaban J connectivity index is 4.17. The lowest BCUT2D eigenvalue weighted by Gasteiger charge is -1.96. The topological polar surface area (TPSA) is 60.4 Å². The lowest BCUT2D eigenvalue weighted by Crippen LogP contribution is -2.08. The van der Waals surface area contributed by atoms with Crippen molar-refractivity contribution in [2.45, 2.75) is 13.3 Å². The minimum absolute atomic E-state index is 0.0348. The van der Waals surface area contributed by atoms with Crippen molar-refractivity contribution in [1.29, 1.82) is 0 Å². The molecule has 0 rings (SSSR count). The maximum absolute atomic E-state index is 10.4. The fourth-order valence-corrected chi connectivity index (χ4v) is 0.667. The fraction of sp³-hybridized carbons (Fsp3) is 0.400. The van der Waals surface area contributed by atoms with Gasteiger partial charge in [-0.3, -0.25) is 4.79 Å². The average molecular weight is 164 g/mol. The first-order chi connectivity index (χ1) is 4.52. The molecule has 0 saturated carbocycles. The van der Waals surface area contributed by atoms with Crippen molar-refractivity contribution in [3.8, 4) is 0 Å². The molecule has 0 N–H and O–H groups in total. The molecule has 0 amide bonds. The highest BCUT2D eigenvalue weighted by molar-refractivity contribution is 7.90. The highest BCUT2D eigenvalue weighted by atomic mass is 32.2. The molecule has 0 heterocycles. The van der Waals surface area contributed by atoms with E-state index in [4.69, 9.17) is 0 Å². The highest BCUT2D eigenvalue weighted by Crippen LogP contribution is 1.95. The Kier molecular flexibility index (Phi) is 3.08. The zero-order valence-electron chi connectivity index (χ0n) is 5.53. The summed E-state index contributed by atoms with van der Waals surface area (Å²) < 4.78 is 24.8. The van der Waals surface area contributed by atoms with Crippen molar-refractivity contribution in [2.75, 3.05) is 0 Å². The van der Waals surface area contributed by atoms with E-state index in [0.29, 0.717) is 5.41 Å². The van der Waals surface area contributed by atoms with Crippen LogP contribution in [0.3, 0.4) is 0 Å². The predicted octanol–water partition coefficient (Wildman–Crippen LogP) is 0.413. The summed E-state index contributed by atoms with van der Waals surface area (Å²) in [7, 11) is -3.82. The quantitative estimate of drug-likeness (QED) is 0.567. The first-order valence-electron chi connectivity index (χ1n) is 2.61. The van der Waals surface area contributed by atoms with Gasteiger partial charge in [-0.25, -0.2) is 0 Å². The third-order valence-electron chi connectivity index (χ3n) is 0.702. The molecule has 0 aliphatic rings. The Hall–Kier alpha value is -0.840. The van der Waals surface area contributed by atoms with Crippen molar-refractivity contribution >= 4 is 16.1 Å². The van der Waals surface area contributed by atoms with Crippen LogP contribution in [0.25, 0.3) is 0 Å². The first kappa shape index (κ1) is 9.16. The minimum Gasteiger partial charge on any atom is -0.343 e. The zero-order valence-corrected chi connectivity index (χ0v) is 6.35. The molecule has 0 atom stereocenters. The number of rotatable bonds is 3. The Morgan fingerprint density at radius 3 is 2.50 bits per heavy atom. The third kappa shape index (κ3) is 3.24. The summed E-state index contributed by atoms with van der Waals surface area (Å²) in [6, 6.07) is 0. The summed E-state index contributed by atoms with van der Waals surface area (Å²) in [5.74, 6) is -0.778. The Morgan fingerprint density at radius 1 is 1.70 bits per heavy atom. The van der Waals surface area contributed by atoms with Crippen molar-refractivity contribution in [1.82, 2.24) is 0 Å². The number of carbonyl (C=O) groups is 1. The molecule has 0 aliphatic heterocycles. The SMILES string of the molecule is C=CS(=O)(=O)OC(=O)CC. The molecule has 0 fully saturated rings. The number of carbonyl (C=O) groups excluding carboxylic acids is 1. The Labute approximate surface area is 59.6 Å². The van der Waals surface area contributed by atoms with Gasteiger partial charge in [0.1, 0.15) is 0 Å². The molecule has 0 radical (unpaired) electrons. The van der Waals surface area contributed by atoms with E-state index in [9.17, 15) is 13.2 Å². The third-order valence-corrected chi connectivity index (χ3v) is 1.53. The molecule has 0 spiro atoms. The normalized spacial score (nSPS) is 10.5. The van der Waals surface area contributed by atoms with E-state index in [1.165, 1.54) is 6.92 Å². The van der Waals surface area contributed by atoms with Crippen LogP contribution < -0.4 is 0 Å². The fourth-order valence-electron chi connectivity index (χ4n) is 0.222. The van der Waals surface area contributed by atoms with E-state index < -0.39 is 16.1 Å². The van der Waals surface area contributed by atoms with Crippen LogP contribution >= 0.6 is 0 Å². The summed E-state index contributed by atoms with van der Waals surface area (Å²) >= 11 is 0. The summed E-state index contributed by atoms with van der Waals surface area (Å²) in [5, 5.41) is 0.584. The molecule has 0 unspecified atom stereocenters. The van der Waals surface area contributed by atoms with Gasteiger partial charge in [0.05, 0.1) is 5.41 Å². The predicted molar refractivity (Wildman–Crippen MR) is 35.5 cm³/mol. The van der Waals surface area contributed by atoms with E-state index in [1.54, 1.807) is 0 Å². The van der Waals surface area contributed by atoms with Gasteiger partial charge < -0.3 is 4.18 Å². The highest BCUT2D eigenvalue weighted by Gasteiger charge is 2.09. The second-order valence-corrected chi connectivity index (χ2v) is 2.95. The van der Waals surface area contributed by atoms with Gasteiger partial charge in [-0.2, -0.15) is 8.42 Å². The van der Waals surface area contributed by atoms with Gasteiger partial charge in [-0.05, 0) is 0 Å². The van der Waals surface area contributed by atoms with Crippen LogP contribution in [-0.2, 0) is 19.1 Å². The first-order valence-corrected chi connectivity index (χ1v) is 4.08. The van der Waals surface area contributed by atoms with Crippen LogP contribution in [0.15, 0.2) is 12.0 Å². The summed E-state index contributed by atoms with van der Waals surface area (Å²) in [6.07, 6.45) is 0.0348. The Bertz CT molecular complexity index is 226. The lowest BCUT2D eigenvalue weighted by molar-refractivity contribution is -0.133. The standard InChI is InChI=1S/C5H8O4S/c1-3-5(6)9-10(7,8)4-2/h4H,2-3H2,1H3. The molecule has 0 saturated heterocycles. The second kappa shape index (κ2) is 3.36. The van der Waals surface area contributed by atoms with Crippen molar-refractivity contribution in [2.24, 2.45) is 0 Å². The van der Waals surface area contributed by atoms with E-state index >= 15 is 0 Å². The van der Waals surface area contributed by atoms with Crippen LogP contribution in [0, 0.1) is 0 Å². The summed E-state index contributed by atoms with van der Waals surface area (Å²) in [6.45, 7) is 4.46. The molecule has 4 nitrogen and oxygen atoms in total. The maximum Gasteiger partial charge on any atom is 0.334 e. The lowest BCUT2D eigenvalue weighted by atomic mass is 10.5. The van der Waals surface area contributed by atoms with Gasteiger partial charge in [-0.15, -0.1) is 0 Å². The van der Waals surface area contributed by atoms with Crippen LogP contribution in [0.2, 0.25) is 0 Å². The van der Waals surface area contributed by atoms with Gasteiger partial charge in [0.15, 0.2) is 0 Å². The largest absolute Gasteiger partial charge is 0.343 e. The second-order valence-electron chi connectivity index (χ2n) is 1.47. The van der Waals surface area contributed by atoms with E-state index in [1.807, 2.05) is 0 Å². The molecule has 0 aromatic heterocycles. The molecule has 0 aromatic carbocycles. The van der Waals surface area contributed by atoms with Crippen molar-refractivity contribution < 1.29 is 17.4 Å². The van der Waals surface area contributed by atoms with Gasteiger partial charge >= 0.3 is 16.1 Å². The van der Waals surface area contributed by atoms with Crippen LogP contribution in [0.5, 0.6) is 0 Å². The van der Waals surface area contributed by atoms with Crippen molar-refractivity contribution in [3.05, 3.63) is 12.0 Å². The van der Waals surface area contributed by atoms with E-state index in [0.717, 1.165) is 0 Å². The molecule has 0 aromatic rings. The Morgan fingerprint density at radius 2 is 2.20 bits per heavy atom. The van der Waals surface area contributed by atoms with Crippen LogP contribution in [-0.4, -0.2) is 14.4 Å². The molecular formula is C5H8O4S. The minimum atomic E-state index is -3.82. The van der Waals surface area contributed by atoms with Gasteiger partial charge in [0, 0.05) is 6.42 Å². The van der Waals surface area contributed by atoms with Crippen molar-refractivity contribution in [3.63, 3.8) is 0 Å². The molecule has 10 heavy (non-hydrogen) atoms. The molecule has 0 bridgehead atoms. The van der Waals surface area contributed by atoms with E-state index in [2.05, 4.69) is 10.8 Å². The monoisotopic (exact) mass is 164 g/mol. The van der Waals surface area contributed by atoms with Gasteiger partial charge in [0.25, 0.3) is 0 Å².